The molecule has 1 spiro atoms. The van der Waals surface area contributed by atoms with Crippen molar-refractivity contribution in [2.75, 3.05) is 16.0 Å². The number of carbonyl (C=O) groups excluding carboxylic acids is 2. The molecule has 7 heteroatoms. The quantitative estimate of drug-likeness (QED) is 0.740. The van der Waals surface area contributed by atoms with E-state index in [0.29, 0.717) is 22.9 Å². The van der Waals surface area contributed by atoms with Crippen LogP contribution in [0.5, 0.6) is 0 Å². The molecule has 0 bridgehead atoms. The molecule has 4 rings (SSSR count). The molecule has 1 fully saturated rings. The highest BCUT2D eigenvalue weighted by atomic mass is 79.9. The second kappa shape index (κ2) is 5.79. The first-order chi connectivity index (χ1) is 11.5. The van der Waals surface area contributed by atoms with Gasteiger partial charge in [-0.2, -0.15) is 0 Å². The lowest BCUT2D eigenvalue weighted by Gasteiger charge is -2.42. The first-order valence-corrected chi connectivity index (χ1v) is 9.53. The van der Waals surface area contributed by atoms with E-state index in [4.69, 9.17) is 11.6 Å². The number of halogens is 2. The monoisotopic (exact) mass is 422 g/mol. The number of rotatable bonds is 1. The summed E-state index contributed by atoms with van der Waals surface area (Å²) in [6, 6.07) is 12.7. The van der Waals surface area contributed by atoms with E-state index in [0.717, 1.165) is 15.7 Å². The van der Waals surface area contributed by atoms with E-state index in [2.05, 4.69) is 21.2 Å². The molecule has 0 radical (unpaired) electrons. The minimum Gasteiger partial charge on any atom is -0.323 e. The van der Waals surface area contributed by atoms with Crippen LogP contribution in [0.2, 0.25) is 5.02 Å². The predicted molar refractivity (Wildman–Crippen MR) is 100 cm³/mol. The van der Waals surface area contributed by atoms with Gasteiger partial charge < -0.3 is 5.32 Å². The van der Waals surface area contributed by atoms with Gasteiger partial charge in [-0.25, -0.2) is 0 Å². The van der Waals surface area contributed by atoms with Gasteiger partial charge in [0.25, 0.3) is 5.91 Å². The molecule has 4 nitrogen and oxygen atoms in total. The molecule has 2 aliphatic heterocycles. The van der Waals surface area contributed by atoms with Gasteiger partial charge in [0.2, 0.25) is 10.8 Å². The summed E-state index contributed by atoms with van der Waals surface area (Å²) >= 11 is 11.3. The standard InChI is InChI=1S/C17H12BrClN2O2S/c18-10-5-6-13-11(9-10)17(16(23)20-13)21(15(22)7-8-24-17)14-4-2-1-3-12(14)19/h1-6,9H,7-8H2,(H,20,23). The Labute approximate surface area is 156 Å². The van der Waals surface area contributed by atoms with Gasteiger partial charge in [-0.3, -0.25) is 14.5 Å². The van der Waals surface area contributed by atoms with Crippen molar-refractivity contribution in [3.05, 3.63) is 57.5 Å². The zero-order valence-electron chi connectivity index (χ0n) is 12.4. The number of hydrogen-bond acceptors (Lipinski definition) is 3. The van der Waals surface area contributed by atoms with Crippen molar-refractivity contribution >= 4 is 62.5 Å². The smallest absolute Gasteiger partial charge is 0.266 e. The molecule has 2 aromatic carbocycles. The minimum atomic E-state index is -1.13. The van der Waals surface area contributed by atoms with Gasteiger partial charge in [-0.1, -0.05) is 39.7 Å². The molecule has 2 amide bonds. The van der Waals surface area contributed by atoms with E-state index < -0.39 is 4.87 Å². The molecular weight excluding hydrogens is 412 g/mol. The third kappa shape index (κ3) is 2.20. The van der Waals surface area contributed by atoms with Crippen molar-refractivity contribution < 1.29 is 9.59 Å². The summed E-state index contributed by atoms with van der Waals surface area (Å²) in [6.07, 6.45) is 0.369. The summed E-state index contributed by atoms with van der Waals surface area (Å²) in [6.45, 7) is 0. The van der Waals surface area contributed by atoms with Crippen LogP contribution < -0.4 is 10.2 Å². The largest absolute Gasteiger partial charge is 0.323 e. The fourth-order valence-electron chi connectivity index (χ4n) is 3.18. The van der Waals surface area contributed by atoms with Crippen LogP contribution in [-0.4, -0.2) is 17.6 Å². The number of para-hydroxylation sites is 1. The molecular formula is C17H12BrClN2O2S. The second-order valence-corrected chi connectivity index (χ2v) is 8.18. The Kier molecular flexibility index (Phi) is 3.86. The summed E-state index contributed by atoms with van der Waals surface area (Å²) in [5.41, 5.74) is 2.06. The van der Waals surface area contributed by atoms with E-state index in [9.17, 15) is 9.59 Å². The van der Waals surface area contributed by atoms with Gasteiger partial charge in [-0.05, 0) is 30.3 Å². The summed E-state index contributed by atoms with van der Waals surface area (Å²) in [4.78, 5) is 26.2. The maximum absolute atomic E-state index is 13.0. The van der Waals surface area contributed by atoms with E-state index in [1.807, 2.05) is 24.3 Å². The van der Waals surface area contributed by atoms with Crippen molar-refractivity contribution in [1.29, 1.82) is 0 Å². The van der Waals surface area contributed by atoms with Gasteiger partial charge in [0, 0.05) is 27.9 Å². The number of carbonyl (C=O) groups is 2. The lowest BCUT2D eigenvalue weighted by atomic mass is 10.0. The van der Waals surface area contributed by atoms with Crippen LogP contribution >= 0.6 is 39.3 Å². The van der Waals surface area contributed by atoms with Gasteiger partial charge >= 0.3 is 0 Å². The second-order valence-electron chi connectivity index (χ2n) is 5.57. The number of anilines is 2. The van der Waals surface area contributed by atoms with Gasteiger partial charge in [0.1, 0.15) is 0 Å². The molecule has 2 heterocycles. The Morgan fingerprint density at radius 1 is 1.21 bits per heavy atom. The number of thioether (sulfide) groups is 1. The van der Waals surface area contributed by atoms with E-state index in [1.54, 1.807) is 23.1 Å². The van der Waals surface area contributed by atoms with Crippen LogP contribution in [0, 0.1) is 0 Å². The molecule has 0 aliphatic carbocycles. The highest BCUT2D eigenvalue weighted by Gasteiger charge is 2.56. The Hall–Kier alpha value is -1.50. The Balaban J connectivity index is 1.98. The van der Waals surface area contributed by atoms with Gasteiger partial charge in [-0.15, -0.1) is 11.8 Å². The molecule has 1 N–H and O–H groups in total. The van der Waals surface area contributed by atoms with E-state index >= 15 is 0 Å². The average Bonchev–Trinajstić information content (AvgIpc) is 2.82. The number of benzene rings is 2. The molecule has 0 saturated carbocycles. The van der Waals surface area contributed by atoms with Gasteiger partial charge in [0.05, 0.1) is 10.7 Å². The SMILES string of the molecule is O=C1CCSC2(C(=O)Nc3ccc(Br)cc32)N1c1ccccc1Cl. The van der Waals surface area contributed by atoms with Crippen LogP contribution in [0.25, 0.3) is 0 Å². The molecule has 1 saturated heterocycles. The summed E-state index contributed by atoms with van der Waals surface area (Å²) in [5.74, 6) is 0.262. The van der Waals surface area contributed by atoms with Crippen molar-refractivity contribution in [3.8, 4) is 0 Å². The molecule has 1 atom stereocenters. The van der Waals surface area contributed by atoms with Crippen molar-refractivity contribution in [1.82, 2.24) is 0 Å². The van der Waals surface area contributed by atoms with Crippen LogP contribution in [-0.2, 0) is 14.5 Å². The number of fused-ring (bicyclic) bond motifs is 2. The first kappa shape index (κ1) is 16.0. The Bertz CT molecular complexity index is 875. The third-order valence-electron chi connectivity index (χ3n) is 4.19. The van der Waals surface area contributed by atoms with Crippen LogP contribution in [0.4, 0.5) is 11.4 Å². The normalized spacial score (nSPS) is 22.7. The van der Waals surface area contributed by atoms with Crippen molar-refractivity contribution in [3.63, 3.8) is 0 Å². The summed E-state index contributed by atoms with van der Waals surface area (Å²) in [5, 5.41) is 3.36. The van der Waals surface area contributed by atoms with Crippen LogP contribution in [0.15, 0.2) is 46.9 Å². The number of amides is 2. The zero-order valence-corrected chi connectivity index (χ0v) is 15.5. The van der Waals surface area contributed by atoms with Crippen LogP contribution in [0.1, 0.15) is 12.0 Å². The summed E-state index contributed by atoms with van der Waals surface area (Å²) in [7, 11) is 0. The number of nitrogens with one attached hydrogen (secondary N) is 1. The Morgan fingerprint density at radius 2 is 2.00 bits per heavy atom. The fourth-order valence-corrected chi connectivity index (χ4v) is 5.16. The zero-order chi connectivity index (χ0) is 16.9. The molecule has 24 heavy (non-hydrogen) atoms. The van der Waals surface area contributed by atoms with Crippen molar-refractivity contribution in [2.24, 2.45) is 0 Å². The molecule has 0 aromatic heterocycles. The number of nitrogens with zero attached hydrogens (tertiary/aromatic N) is 1. The Morgan fingerprint density at radius 3 is 2.79 bits per heavy atom. The lowest BCUT2D eigenvalue weighted by Crippen LogP contribution is -2.55. The topological polar surface area (TPSA) is 49.4 Å². The minimum absolute atomic E-state index is 0.107. The highest BCUT2D eigenvalue weighted by Crippen LogP contribution is 2.53. The fraction of sp³-hybridized carbons (Fsp3) is 0.176. The van der Waals surface area contributed by atoms with Crippen LogP contribution in [0.3, 0.4) is 0 Å². The van der Waals surface area contributed by atoms with E-state index in [1.165, 1.54) is 11.8 Å². The lowest BCUT2D eigenvalue weighted by molar-refractivity contribution is -0.124. The molecule has 2 aromatic rings. The maximum atomic E-state index is 13.0. The summed E-state index contributed by atoms with van der Waals surface area (Å²) < 4.78 is 0.856. The molecule has 2 aliphatic rings. The first-order valence-electron chi connectivity index (χ1n) is 7.37. The van der Waals surface area contributed by atoms with E-state index in [-0.39, 0.29) is 11.8 Å². The van der Waals surface area contributed by atoms with Crippen molar-refractivity contribution in [2.45, 2.75) is 11.3 Å². The molecule has 1 unspecified atom stereocenters. The molecule has 122 valence electrons. The predicted octanol–water partition coefficient (Wildman–Crippen LogP) is 4.38. The average molecular weight is 424 g/mol. The third-order valence-corrected chi connectivity index (χ3v) is 6.41. The number of hydrogen-bond donors (Lipinski definition) is 1. The van der Waals surface area contributed by atoms with Gasteiger partial charge in [0.15, 0.2) is 0 Å². The maximum Gasteiger partial charge on any atom is 0.266 e. The highest BCUT2D eigenvalue weighted by molar-refractivity contribution is 9.10.